The van der Waals surface area contributed by atoms with Crippen LogP contribution >= 0.6 is 11.8 Å². The van der Waals surface area contributed by atoms with Crippen LogP contribution in [0.3, 0.4) is 0 Å². The van der Waals surface area contributed by atoms with Crippen LogP contribution in [0.15, 0.2) is 63.3 Å². The predicted octanol–water partition coefficient (Wildman–Crippen LogP) is 1.43. The number of rotatable bonds is 9. The smallest absolute Gasteiger partial charge is 1.00 e. The Morgan fingerprint density at radius 2 is 1.83 bits per heavy atom. The molecule has 0 aliphatic heterocycles. The molecule has 0 saturated carbocycles. The average molecular weight is 504 g/mol. The molecule has 2 aromatic heterocycles. The quantitative estimate of drug-likeness (QED) is 0.212. The number of benzene rings is 2. The zero-order valence-corrected chi connectivity index (χ0v) is 23.5. The van der Waals surface area contributed by atoms with E-state index in [-0.39, 0.29) is 54.6 Å². The average Bonchev–Trinajstić information content (AvgIpc) is 3.16. The first-order valence-corrected chi connectivity index (χ1v) is 12.4. The molecule has 0 atom stereocenters. The Labute approximate surface area is 231 Å². The fourth-order valence-corrected chi connectivity index (χ4v) is 5.39. The fourth-order valence-electron chi connectivity index (χ4n) is 4.29. The van der Waals surface area contributed by atoms with E-state index in [1.54, 1.807) is 4.57 Å². The molecule has 180 valence electrons. The first-order chi connectivity index (χ1) is 16.3. The summed E-state index contributed by atoms with van der Waals surface area (Å²) < 4.78 is 4.89. The molecule has 35 heavy (non-hydrogen) atoms. The first kappa shape index (κ1) is 27.3. The molecule has 9 heteroatoms. The summed E-state index contributed by atoms with van der Waals surface area (Å²) >= 11 is 1.48. The first-order valence-electron chi connectivity index (χ1n) is 11.4. The largest absolute Gasteiger partial charge is 1.00 e. The number of hydrogen-bond acceptors (Lipinski definition) is 4. The van der Waals surface area contributed by atoms with E-state index in [2.05, 4.69) is 24.3 Å². The zero-order chi connectivity index (χ0) is 24.4. The SMILES string of the molecule is CC(C)Cn1c(=O)n(C)c(=O)c2c(SCCCC(=O)O)n(Cc3cccc4ccccc34)cc21.[H-].[Na+]. The van der Waals surface area contributed by atoms with E-state index in [0.717, 1.165) is 21.4 Å². The second kappa shape index (κ2) is 11.6. The summed E-state index contributed by atoms with van der Waals surface area (Å²) in [5, 5.41) is 12.6. The fraction of sp³-hybridized carbons (Fsp3) is 0.346. The number of carbonyl (C=O) groups is 1. The van der Waals surface area contributed by atoms with E-state index >= 15 is 0 Å². The molecule has 4 rings (SSSR count). The summed E-state index contributed by atoms with van der Waals surface area (Å²) in [5.74, 6) is -0.0438. The van der Waals surface area contributed by atoms with Crippen molar-refractivity contribution in [3.05, 3.63) is 75.1 Å². The van der Waals surface area contributed by atoms with Gasteiger partial charge in [-0.15, -0.1) is 11.8 Å². The molecule has 2 aromatic carbocycles. The van der Waals surface area contributed by atoms with Crippen LogP contribution in [0.1, 0.15) is 33.7 Å². The van der Waals surface area contributed by atoms with Gasteiger partial charge >= 0.3 is 41.2 Å². The van der Waals surface area contributed by atoms with Gasteiger partial charge in [-0.3, -0.25) is 18.7 Å². The van der Waals surface area contributed by atoms with Crippen molar-refractivity contribution in [1.82, 2.24) is 13.7 Å². The minimum atomic E-state index is -0.835. The summed E-state index contributed by atoms with van der Waals surface area (Å²) in [6.45, 7) is 5.12. The molecule has 1 N–H and O–H groups in total. The minimum Gasteiger partial charge on any atom is -1.00 e. The number of thioether (sulfide) groups is 1. The Morgan fingerprint density at radius 3 is 2.54 bits per heavy atom. The maximum atomic E-state index is 13.3. The standard InChI is InChI=1S/C26H29N3O4S.Na.H/c1-17(2)14-29-21-16-28(15-19-10-6-9-18-8-4-5-11-20(18)19)25(34-13-7-12-22(30)31)23(21)24(32)27(3)26(29)33;;/h4-6,8-11,16-17H,7,12-15H2,1-3H3,(H,30,31);;/q;+1;-1. The van der Waals surface area contributed by atoms with Gasteiger partial charge in [0.05, 0.1) is 15.9 Å². The van der Waals surface area contributed by atoms with Gasteiger partial charge in [0, 0.05) is 38.5 Å². The molecule has 7 nitrogen and oxygen atoms in total. The van der Waals surface area contributed by atoms with Gasteiger partial charge in [-0.25, -0.2) is 4.79 Å². The minimum absolute atomic E-state index is 0. The van der Waals surface area contributed by atoms with Crippen LogP contribution in [0.2, 0.25) is 0 Å². The predicted molar refractivity (Wildman–Crippen MR) is 138 cm³/mol. The zero-order valence-electron chi connectivity index (χ0n) is 21.7. The van der Waals surface area contributed by atoms with E-state index in [1.807, 2.05) is 42.8 Å². The second-order valence-electron chi connectivity index (χ2n) is 8.96. The number of aromatic nitrogens is 3. The topological polar surface area (TPSA) is 86.2 Å². The molecule has 2 heterocycles. The van der Waals surface area contributed by atoms with E-state index in [0.29, 0.717) is 36.2 Å². The number of hydrogen-bond donors (Lipinski definition) is 1. The van der Waals surface area contributed by atoms with Crippen molar-refractivity contribution in [2.24, 2.45) is 13.0 Å². The number of aliphatic carboxylic acids is 1. The molecule has 0 aliphatic carbocycles. The third-order valence-electron chi connectivity index (χ3n) is 5.88. The van der Waals surface area contributed by atoms with Gasteiger partial charge < -0.3 is 11.1 Å². The Balaban J connectivity index is 0.00000228. The summed E-state index contributed by atoms with van der Waals surface area (Å²) in [4.78, 5) is 37.2. The molecule has 0 spiro atoms. The van der Waals surface area contributed by atoms with Crippen LogP contribution < -0.4 is 40.8 Å². The van der Waals surface area contributed by atoms with Gasteiger partial charge in [-0.2, -0.15) is 0 Å². The van der Waals surface area contributed by atoms with Crippen molar-refractivity contribution in [3.8, 4) is 0 Å². The molecule has 0 bridgehead atoms. The van der Waals surface area contributed by atoms with Crippen LogP contribution in [0.4, 0.5) is 0 Å². The summed E-state index contributed by atoms with van der Waals surface area (Å²) in [6, 6.07) is 14.3. The van der Waals surface area contributed by atoms with E-state index < -0.39 is 5.97 Å². The maximum Gasteiger partial charge on any atom is 1.00 e. The Morgan fingerprint density at radius 1 is 1.11 bits per heavy atom. The summed E-state index contributed by atoms with van der Waals surface area (Å²) in [7, 11) is 1.52. The third kappa shape index (κ3) is 5.77. The van der Waals surface area contributed by atoms with Crippen LogP contribution in [0.25, 0.3) is 21.7 Å². The van der Waals surface area contributed by atoms with Gasteiger partial charge in [0.25, 0.3) is 5.56 Å². The number of nitrogens with zero attached hydrogens (tertiary/aromatic N) is 3. The number of fused-ring (bicyclic) bond motifs is 2. The maximum absolute atomic E-state index is 13.3. The van der Waals surface area contributed by atoms with Crippen LogP contribution in [-0.4, -0.2) is 30.5 Å². The van der Waals surface area contributed by atoms with Crippen molar-refractivity contribution in [1.29, 1.82) is 0 Å². The van der Waals surface area contributed by atoms with Crippen molar-refractivity contribution in [3.63, 3.8) is 0 Å². The van der Waals surface area contributed by atoms with Crippen LogP contribution in [0, 0.1) is 5.92 Å². The number of carboxylic acid groups (broad SMARTS) is 1. The van der Waals surface area contributed by atoms with E-state index in [4.69, 9.17) is 5.11 Å². The molecule has 0 fully saturated rings. The molecule has 0 unspecified atom stereocenters. The molecule has 0 saturated heterocycles. The van der Waals surface area contributed by atoms with Gasteiger partial charge in [0.1, 0.15) is 0 Å². The third-order valence-corrected chi connectivity index (χ3v) is 7.08. The second-order valence-corrected chi connectivity index (χ2v) is 10.0. The monoisotopic (exact) mass is 503 g/mol. The molecule has 0 radical (unpaired) electrons. The van der Waals surface area contributed by atoms with Crippen molar-refractivity contribution < 1.29 is 40.9 Å². The van der Waals surface area contributed by atoms with Crippen molar-refractivity contribution >= 4 is 39.4 Å². The summed E-state index contributed by atoms with van der Waals surface area (Å²) in [5.41, 5.74) is 1.09. The van der Waals surface area contributed by atoms with Gasteiger partial charge in [0.15, 0.2) is 0 Å². The van der Waals surface area contributed by atoms with Crippen molar-refractivity contribution in [2.45, 2.75) is 44.8 Å². The Bertz CT molecular complexity index is 1490. The summed E-state index contributed by atoms with van der Waals surface area (Å²) in [6.07, 6.45) is 2.47. The van der Waals surface area contributed by atoms with Crippen LogP contribution in [-0.2, 0) is 24.9 Å². The van der Waals surface area contributed by atoms with Gasteiger partial charge in [-0.05, 0) is 28.7 Å². The molecule has 4 aromatic rings. The molecule has 0 amide bonds. The van der Waals surface area contributed by atoms with Crippen molar-refractivity contribution in [2.75, 3.05) is 5.75 Å². The van der Waals surface area contributed by atoms with E-state index in [9.17, 15) is 14.4 Å². The van der Waals surface area contributed by atoms with Gasteiger partial charge in [0.2, 0.25) is 0 Å². The molecular weight excluding hydrogens is 473 g/mol. The van der Waals surface area contributed by atoms with E-state index in [1.165, 1.54) is 23.4 Å². The van der Waals surface area contributed by atoms with Crippen LogP contribution in [0.5, 0.6) is 0 Å². The Hall–Kier alpha value is -2.26. The number of carboxylic acids is 1. The molecule has 0 aliphatic rings. The molecular formula is C26H30N3NaO4S. The normalized spacial score (nSPS) is 11.3. The van der Waals surface area contributed by atoms with Gasteiger partial charge in [-0.1, -0.05) is 56.3 Å². The Kier molecular flexibility index (Phi) is 9.10.